The molecule has 1 unspecified atom stereocenters. The Balaban J connectivity index is 1.50. The van der Waals surface area contributed by atoms with Gasteiger partial charge in [0.05, 0.1) is 26.0 Å². The summed E-state index contributed by atoms with van der Waals surface area (Å²) in [5.41, 5.74) is 4.94. The van der Waals surface area contributed by atoms with Gasteiger partial charge in [-0.3, -0.25) is 4.79 Å². The molecule has 1 aliphatic rings. The number of anilines is 1. The fourth-order valence-electron chi connectivity index (χ4n) is 3.34. The van der Waals surface area contributed by atoms with E-state index >= 15 is 0 Å². The van der Waals surface area contributed by atoms with Crippen molar-refractivity contribution in [3.8, 4) is 5.75 Å². The molecule has 3 aromatic rings. The minimum Gasteiger partial charge on any atom is -0.497 e. The molecule has 1 aliphatic heterocycles. The fraction of sp³-hybridized carbons (Fsp3) is 0.286. The molecule has 0 spiro atoms. The van der Waals surface area contributed by atoms with Crippen molar-refractivity contribution < 1.29 is 14.3 Å². The van der Waals surface area contributed by atoms with E-state index in [1.165, 1.54) is 0 Å². The first-order valence-corrected chi connectivity index (χ1v) is 9.11. The van der Waals surface area contributed by atoms with Crippen molar-refractivity contribution in [2.45, 2.75) is 33.1 Å². The molecular weight excluding hydrogens is 356 g/mol. The highest BCUT2D eigenvalue weighted by atomic mass is 16.5. The summed E-state index contributed by atoms with van der Waals surface area (Å²) in [6, 6.07) is 13.6. The number of benzene rings is 2. The van der Waals surface area contributed by atoms with Crippen molar-refractivity contribution >= 4 is 11.6 Å². The van der Waals surface area contributed by atoms with Crippen molar-refractivity contribution in [2.24, 2.45) is 0 Å². The van der Waals surface area contributed by atoms with Crippen molar-refractivity contribution in [3.63, 3.8) is 0 Å². The third-order valence-electron chi connectivity index (χ3n) is 4.93. The summed E-state index contributed by atoms with van der Waals surface area (Å²) in [5, 5.41) is 11.2. The highest BCUT2D eigenvalue weighted by Gasteiger charge is 2.28. The van der Waals surface area contributed by atoms with Crippen LogP contribution in [-0.4, -0.2) is 28.0 Å². The van der Waals surface area contributed by atoms with Gasteiger partial charge in [-0.2, -0.15) is 0 Å². The number of hydrogen-bond acceptors (Lipinski definition) is 5. The van der Waals surface area contributed by atoms with Crippen molar-refractivity contribution in [3.05, 3.63) is 70.5 Å². The maximum atomic E-state index is 12.7. The first-order valence-electron chi connectivity index (χ1n) is 9.11. The van der Waals surface area contributed by atoms with Crippen LogP contribution in [0.2, 0.25) is 0 Å². The van der Waals surface area contributed by atoms with Gasteiger partial charge in [0.25, 0.3) is 5.91 Å². The predicted octanol–water partition coefficient (Wildman–Crippen LogP) is 3.43. The predicted molar refractivity (Wildman–Crippen MR) is 104 cm³/mol. The van der Waals surface area contributed by atoms with Crippen molar-refractivity contribution in [2.75, 3.05) is 12.4 Å². The topological polar surface area (TPSA) is 78.3 Å². The van der Waals surface area contributed by atoms with E-state index in [4.69, 9.17) is 9.47 Å². The average Bonchev–Trinajstić information content (AvgIpc) is 3.13. The average molecular weight is 378 g/mol. The molecule has 0 fully saturated rings. The number of fused-ring (bicyclic) bond motifs is 1. The zero-order chi connectivity index (χ0) is 19.7. The molecule has 28 heavy (non-hydrogen) atoms. The highest BCUT2D eigenvalue weighted by molar-refractivity contribution is 6.04. The second-order valence-electron chi connectivity index (χ2n) is 6.91. The van der Waals surface area contributed by atoms with E-state index in [-0.39, 0.29) is 18.6 Å². The first-order chi connectivity index (χ1) is 13.5. The molecule has 0 aliphatic carbocycles. The van der Waals surface area contributed by atoms with Crippen LogP contribution in [0.3, 0.4) is 0 Å². The molecule has 144 valence electrons. The monoisotopic (exact) mass is 378 g/mol. The minimum absolute atomic E-state index is 0.143. The number of nitrogens with zero attached hydrogens (tertiary/aromatic N) is 3. The second kappa shape index (κ2) is 7.44. The van der Waals surface area contributed by atoms with Gasteiger partial charge in [0.2, 0.25) is 0 Å². The lowest BCUT2D eigenvalue weighted by Crippen LogP contribution is -2.24. The van der Waals surface area contributed by atoms with Crippen molar-refractivity contribution in [1.82, 2.24) is 15.0 Å². The van der Waals surface area contributed by atoms with Gasteiger partial charge in [-0.1, -0.05) is 35.0 Å². The summed E-state index contributed by atoms with van der Waals surface area (Å²) < 4.78 is 12.9. The number of carbonyl (C=O) groups is 1. The number of nitrogens with one attached hydrogen (secondary N) is 1. The summed E-state index contributed by atoms with van der Waals surface area (Å²) in [6.07, 6.45) is -0.143. The number of rotatable bonds is 4. The lowest BCUT2D eigenvalue weighted by atomic mass is 10.1. The molecule has 1 aromatic heterocycles. The molecular formula is C21H22N4O3. The quantitative estimate of drug-likeness (QED) is 0.753. The van der Waals surface area contributed by atoms with E-state index in [1.807, 2.05) is 56.3 Å². The van der Waals surface area contributed by atoms with Gasteiger partial charge in [0, 0.05) is 5.69 Å². The maximum absolute atomic E-state index is 12.7. The highest BCUT2D eigenvalue weighted by Crippen LogP contribution is 2.28. The zero-order valence-electron chi connectivity index (χ0n) is 16.1. The van der Waals surface area contributed by atoms with E-state index in [0.717, 1.165) is 28.1 Å². The van der Waals surface area contributed by atoms with Gasteiger partial charge in [-0.15, -0.1) is 5.10 Å². The van der Waals surface area contributed by atoms with Gasteiger partial charge in [-0.05, 0) is 43.2 Å². The van der Waals surface area contributed by atoms with Crippen LogP contribution in [0, 0.1) is 13.8 Å². The molecule has 2 aromatic carbocycles. The standard InChI is InChI=1S/C21H22N4O3/c1-13-4-9-17(14(2)10-13)22-21(26)20-18-12-28-19(11-25(18)24-23-20)15-5-7-16(27-3)8-6-15/h4-10,19H,11-12H2,1-3H3,(H,22,26). The zero-order valence-corrected chi connectivity index (χ0v) is 16.1. The summed E-state index contributed by atoms with van der Waals surface area (Å²) >= 11 is 0. The van der Waals surface area contributed by atoms with Crippen LogP contribution < -0.4 is 10.1 Å². The molecule has 0 radical (unpaired) electrons. The smallest absolute Gasteiger partial charge is 0.278 e. The van der Waals surface area contributed by atoms with E-state index in [9.17, 15) is 4.79 Å². The van der Waals surface area contributed by atoms with Crippen LogP contribution in [0.1, 0.15) is 39.0 Å². The third-order valence-corrected chi connectivity index (χ3v) is 4.93. The first kappa shape index (κ1) is 18.2. The molecule has 1 N–H and O–H groups in total. The van der Waals surface area contributed by atoms with Gasteiger partial charge in [-0.25, -0.2) is 4.68 Å². The summed E-state index contributed by atoms with van der Waals surface area (Å²) in [6.45, 7) is 4.77. The summed E-state index contributed by atoms with van der Waals surface area (Å²) in [5.74, 6) is 0.520. The van der Waals surface area contributed by atoms with Gasteiger partial charge >= 0.3 is 0 Å². The fourth-order valence-corrected chi connectivity index (χ4v) is 3.34. The van der Waals surface area contributed by atoms with Crippen LogP contribution in [0.5, 0.6) is 5.75 Å². The number of carbonyl (C=O) groups excluding carboxylic acids is 1. The third kappa shape index (κ3) is 3.48. The second-order valence-corrected chi connectivity index (χ2v) is 6.91. The van der Waals surface area contributed by atoms with Gasteiger partial charge < -0.3 is 14.8 Å². The Morgan fingerprint density at radius 3 is 2.71 bits per heavy atom. The van der Waals surface area contributed by atoms with E-state index in [0.29, 0.717) is 17.9 Å². The maximum Gasteiger partial charge on any atom is 0.278 e. The minimum atomic E-state index is -0.278. The number of ether oxygens (including phenoxy) is 2. The molecule has 1 atom stereocenters. The largest absolute Gasteiger partial charge is 0.497 e. The number of hydrogen-bond donors (Lipinski definition) is 1. The van der Waals surface area contributed by atoms with Crippen LogP contribution in [0.25, 0.3) is 0 Å². The Morgan fingerprint density at radius 2 is 2.00 bits per heavy atom. The molecule has 2 heterocycles. The lowest BCUT2D eigenvalue weighted by Gasteiger charge is -2.24. The molecule has 4 rings (SSSR count). The SMILES string of the molecule is COc1ccc(C2Cn3nnc(C(=O)Nc4ccc(C)cc4C)c3CO2)cc1. The molecule has 0 saturated carbocycles. The van der Waals surface area contributed by atoms with Crippen LogP contribution >= 0.6 is 0 Å². The molecule has 7 nitrogen and oxygen atoms in total. The van der Waals surface area contributed by atoms with E-state index in [1.54, 1.807) is 11.8 Å². The van der Waals surface area contributed by atoms with E-state index < -0.39 is 0 Å². The number of methoxy groups -OCH3 is 1. The van der Waals surface area contributed by atoms with E-state index in [2.05, 4.69) is 15.6 Å². The van der Waals surface area contributed by atoms with Crippen LogP contribution in [0.15, 0.2) is 42.5 Å². The Hall–Kier alpha value is -3.19. The normalized spacial score (nSPS) is 15.8. The Labute approximate surface area is 163 Å². The Kier molecular flexibility index (Phi) is 4.83. The number of amides is 1. The lowest BCUT2D eigenvalue weighted by molar-refractivity contribution is -0.00173. The molecule has 7 heteroatoms. The van der Waals surface area contributed by atoms with Gasteiger partial charge in [0.15, 0.2) is 5.69 Å². The summed E-state index contributed by atoms with van der Waals surface area (Å²) in [7, 11) is 1.64. The molecule has 0 saturated heterocycles. The van der Waals surface area contributed by atoms with Crippen LogP contribution in [0.4, 0.5) is 5.69 Å². The summed E-state index contributed by atoms with van der Waals surface area (Å²) in [4.78, 5) is 12.7. The molecule has 0 bridgehead atoms. The molecule has 1 amide bonds. The van der Waals surface area contributed by atoms with Gasteiger partial charge in [0.1, 0.15) is 11.9 Å². The van der Waals surface area contributed by atoms with Crippen LogP contribution in [-0.2, 0) is 17.9 Å². The number of aryl methyl sites for hydroxylation is 2. The Morgan fingerprint density at radius 1 is 1.21 bits per heavy atom. The van der Waals surface area contributed by atoms with Crippen molar-refractivity contribution in [1.29, 1.82) is 0 Å². The Bertz CT molecular complexity index is 1010. The number of aromatic nitrogens is 3.